The predicted octanol–water partition coefficient (Wildman–Crippen LogP) is 0.0976. The lowest BCUT2D eigenvalue weighted by molar-refractivity contribution is -0.236. The highest BCUT2D eigenvalue weighted by atomic mass is 16.7. The van der Waals surface area contributed by atoms with Crippen LogP contribution in [0.25, 0.3) is 0 Å². The lowest BCUT2D eigenvalue weighted by Crippen LogP contribution is -2.46. The quantitative estimate of drug-likeness (QED) is 0.655. The highest BCUT2D eigenvalue weighted by Crippen LogP contribution is 2.26. The van der Waals surface area contributed by atoms with Crippen molar-refractivity contribution in [1.82, 2.24) is 0 Å². The van der Waals surface area contributed by atoms with E-state index in [0.717, 1.165) is 19.3 Å². The molecule has 0 bridgehead atoms. The molecule has 17 heavy (non-hydrogen) atoms. The Morgan fingerprint density at radius 3 is 2.71 bits per heavy atom. The first kappa shape index (κ1) is 13.2. The average molecular weight is 244 g/mol. The van der Waals surface area contributed by atoms with Crippen molar-refractivity contribution in [2.75, 3.05) is 6.54 Å². The molecule has 100 valence electrons. The SMILES string of the molecule is NCC1C[C@H](O)C[C@@H](O[C@@H]2CCCC[C@H]2N)O1. The Hall–Kier alpha value is -0.200. The molecule has 5 atom stereocenters. The molecule has 0 spiro atoms. The molecule has 1 aliphatic heterocycles. The smallest absolute Gasteiger partial charge is 0.160 e. The van der Waals surface area contributed by atoms with Crippen LogP contribution in [0.4, 0.5) is 0 Å². The fraction of sp³-hybridized carbons (Fsp3) is 1.00. The Balaban J connectivity index is 1.84. The van der Waals surface area contributed by atoms with Gasteiger partial charge in [0.1, 0.15) is 0 Å². The minimum atomic E-state index is -0.373. The van der Waals surface area contributed by atoms with Gasteiger partial charge in [0, 0.05) is 25.4 Å². The molecule has 0 amide bonds. The zero-order chi connectivity index (χ0) is 12.3. The molecule has 1 saturated carbocycles. The number of hydrogen-bond acceptors (Lipinski definition) is 5. The van der Waals surface area contributed by atoms with Crippen LogP contribution in [-0.4, -0.2) is 42.3 Å². The number of ether oxygens (including phenoxy) is 2. The van der Waals surface area contributed by atoms with Crippen molar-refractivity contribution in [2.24, 2.45) is 11.5 Å². The van der Waals surface area contributed by atoms with E-state index < -0.39 is 0 Å². The van der Waals surface area contributed by atoms with E-state index in [1.54, 1.807) is 0 Å². The summed E-state index contributed by atoms with van der Waals surface area (Å²) in [4.78, 5) is 0. The van der Waals surface area contributed by atoms with Crippen molar-refractivity contribution in [3.8, 4) is 0 Å². The van der Waals surface area contributed by atoms with E-state index >= 15 is 0 Å². The van der Waals surface area contributed by atoms with Gasteiger partial charge in [-0.25, -0.2) is 0 Å². The van der Waals surface area contributed by atoms with Crippen molar-refractivity contribution >= 4 is 0 Å². The number of nitrogens with two attached hydrogens (primary N) is 2. The number of hydrogen-bond donors (Lipinski definition) is 3. The van der Waals surface area contributed by atoms with Gasteiger partial charge in [0.05, 0.1) is 18.3 Å². The van der Waals surface area contributed by atoms with E-state index in [-0.39, 0.29) is 30.6 Å². The summed E-state index contributed by atoms with van der Waals surface area (Å²) in [6.07, 6.45) is 4.73. The van der Waals surface area contributed by atoms with Gasteiger partial charge in [0.2, 0.25) is 0 Å². The van der Waals surface area contributed by atoms with Crippen LogP contribution in [0.2, 0.25) is 0 Å². The summed E-state index contributed by atoms with van der Waals surface area (Å²) in [6.45, 7) is 0.424. The molecule has 0 aromatic carbocycles. The van der Waals surface area contributed by atoms with E-state index in [1.165, 1.54) is 6.42 Å². The second-order valence-electron chi connectivity index (χ2n) is 5.17. The van der Waals surface area contributed by atoms with Crippen LogP contribution < -0.4 is 11.5 Å². The highest BCUT2D eigenvalue weighted by Gasteiger charge is 2.32. The van der Waals surface area contributed by atoms with Crippen molar-refractivity contribution < 1.29 is 14.6 Å². The molecule has 1 aliphatic carbocycles. The topological polar surface area (TPSA) is 90.7 Å². The molecule has 5 nitrogen and oxygen atoms in total. The Morgan fingerprint density at radius 2 is 2.00 bits per heavy atom. The Kier molecular flexibility index (Phi) is 4.76. The molecule has 5 N–H and O–H groups in total. The van der Waals surface area contributed by atoms with Gasteiger partial charge < -0.3 is 26.0 Å². The van der Waals surface area contributed by atoms with Gasteiger partial charge in [-0.05, 0) is 12.8 Å². The van der Waals surface area contributed by atoms with Crippen LogP contribution in [0.1, 0.15) is 38.5 Å². The fourth-order valence-electron chi connectivity index (χ4n) is 2.68. The third-order valence-corrected chi connectivity index (χ3v) is 3.69. The lowest BCUT2D eigenvalue weighted by Gasteiger charge is -2.37. The van der Waals surface area contributed by atoms with E-state index in [2.05, 4.69) is 0 Å². The second kappa shape index (κ2) is 6.11. The maximum Gasteiger partial charge on any atom is 0.160 e. The maximum atomic E-state index is 9.73. The summed E-state index contributed by atoms with van der Waals surface area (Å²) in [6, 6.07) is 0.0998. The van der Waals surface area contributed by atoms with Gasteiger partial charge in [-0.15, -0.1) is 0 Å². The van der Waals surface area contributed by atoms with Gasteiger partial charge >= 0.3 is 0 Å². The Bertz CT molecular complexity index is 240. The van der Waals surface area contributed by atoms with Crippen molar-refractivity contribution in [3.63, 3.8) is 0 Å². The van der Waals surface area contributed by atoms with Crippen LogP contribution in [0.15, 0.2) is 0 Å². The normalized spacial score (nSPS) is 43.6. The molecule has 0 aromatic rings. The van der Waals surface area contributed by atoms with E-state index in [1.807, 2.05) is 0 Å². The summed E-state index contributed by atoms with van der Waals surface area (Å²) in [5.41, 5.74) is 11.6. The van der Waals surface area contributed by atoms with Gasteiger partial charge in [-0.1, -0.05) is 12.8 Å². The molecule has 2 rings (SSSR count). The summed E-state index contributed by atoms with van der Waals surface area (Å²) in [5, 5.41) is 9.73. The zero-order valence-electron chi connectivity index (χ0n) is 10.3. The second-order valence-corrected chi connectivity index (χ2v) is 5.17. The monoisotopic (exact) mass is 244 g/mol. The van der Waals surface area contributed by atoms with Crippen LogP contribution in [0.5, 0.6) is 0 Å². The number of aliphatic hydroxyl groups is 1. The lowest BCUT2D eigenvalue weighted by atomic mass is 9.93. The summed E-state index contributed by atoms with van der Waals surface area (Å²) in [7, 11) is 0. The van der Waals surface area contributed by atoms with E-state index in [0.29, 0.717) is 19.4 Å². The summed E-state index contributed by atoms with van der Waals surface area (Å²) < 4.78 is 11.6. The third kappa shape index (κ3) is 3.63. The van der Waals surface area contributed by atoms with E-state index in [4.69, 9.17) is 20.9 Å². The molecular formula is C12H24N2O3. The van der Waals surface area contributed by atoms with Crippen LogP contribution in [-0.2, 0) is 9.47 Å². The molecule has 5 heteroatoms. The molecule has 1 heterocycles. The molecule has 1 saturated heterocycles. The standard InChI is InChI=1S/C12H24N2O3/c13-7-9-5-8(15)6-12(16-9)17-11-4-2-1-3-10(11)14/h8-12,15H,1-7,13-14H2/t8-,9?,10+,11+,12+/m0/s1. The minimum Gasteiger partial charge on any atom is -0.393 e. The predicted molar refractivity (Wildman–Crippen MR) is 64.3 cm³/mol. The highest BCUT2D eigenvalue weighted by molar-refractivity contribution is 4.81. The first-order valence-electron chi connectivity index (χ1n) is 6.63. The molecule has 1 unspecified atom stereocenters. The van der Waals surface area contributed by atoms with Crippen molar-refractivity contribution in [1.29, 1.82) is 0 Å². The van der Waals surface area contributed by atoms with Crippen LogP contribution >= 0.6 is 0 Å². The molecule has 0 aromatic heterocycles. The van der Waals surface area contributed by atoms with Crippen molar-refractivity contribution in [2.45, 2.75) is 69.2 Å². The average Bonchev–Trinajstić information content (AvgIpc) is 2.31. The van der Waals surface area contributed by atoms with Gasteiger partial charge in [0.15, 0.2) is 6.29 Å². The molecule has 2 fully saturated rings. The van der Waals surface area contributed by atoms with Crippen molar-refractivity contribution in [3.05, 3.63) is 0 Å². The third-order valence-electron chi connectivity index (χ3n) is 3.69. The number of aliphatic hydroxyl groups excluding tert-OH is 1. The maximum absolute atomic E-state index is 9.73. The molecule has 0 radical (unpaired) electrons. The Morgan fingerprint density at radius 1 is 1.24 bits per heavy atom. The molecular weight excluding hydrogens is 220 g/mol. The fourth-order valence-corrected chi connectivity index (χ4v) is 2.68. The first-order valence-corrected chi connectivity index (χ1v) is 6.63. The van der Waals surface area contributed by atoms with Crippen LogP contribution in [0.3, 0.4) is 0 Å². The summed E-state index contributed by atoms with van der Waals surface area (Å²) in [5.74, 6) is 0. The first-order chi connectivity index (χ1) is 8.19. The van der Waals surface area contributed by atoms with E-state index in [9.17, 15) is 5.11 Å². The minimum absolute atomic E-state index is 0.0671. The van der Waals surface area contributed by atoms with Gasteiger partial charge in [-0.2, -0.15) is 0 Å². The largest absolute Gasteiger partial charge is 0.393 e. The van der Waals surface area contributed by atoms with Crippen LogP contribution in [0, 0.1) is 0 Å². The van der Waals surface area contributed by atoms with Gasteiger partial charge in [-0.3, -0.25) is 0 Å². The summed E-state index contributed by atoms with van der Waals surface area (Å²) >= 11 is 0. The number of rotatable bonds is 3. The molecule has 2 aliphatic rings. The Labute approximate surface area is 102 Å². The zero-order valence-corrected chi connectivity index (χ0v) is 10.3. The van der Waals surface area contributed by atoms with Gasteiger partial charge in [0.25, 0.3) is 0 Å².